The van der Waals surface area contributed by atoms with Crippen LogP contribution in [0.4, 0.5) is 21.5 Å². The number of H-pyrrole nitrogens is 1. The summed E-state index contributed by atoms with van der Waals surface area (Å²) in [5.41, 5.74) is 1.48. The van der Waals surface area contributed by atoms with Gasteiger partial charge in [0.2, 0.25) is 0 Å². The van der Waals surface area contributed by atoms with Crippen LogP contribution in [-0.2, 0) is 0 Å². The maximum Gasteiger partial charge on any atom is 0.270 e. The van der Waals surface area contributed by atoms with Crippen LogP contribution in [0.5, 0.6) is 0 Å². The minimum Gasteiger partial charge on any atom is -0.370 e. The number of hydrogen-bond donors (Lipinski definition) is 2. The number of carbonyl (C=O) groups is 1. The largest absolute Gasteiger partial charge is 0.370 e. The van der Waals surface area contributed by atoms with Crippen molar-refractivity contribution >= 4 is 33.9 Å². The minimum atomic E-state index is -0.520. The van der Waals surface area contributed by atoms with E-state index in [4.69, 9.17) is 0 Å². The van der Waals surface area contributed by atoms with Crippen LogP contribution in [0, 0.1) is 15.9 Å². The number of hydrogen-bond acceptors (Lipinski definition) is 4. The van der Waals surface area contributed by atoms with E-state index in [9.17, 15) is 19.3 Å². The quantitative estimate of drug-likeness (QED) is 0.517. The molecule has 0 saturated heterocycles. The Balaban J connectivity index is 1.87. The highest BCUT2D eigenvalue weighted by Crippen LogP contribution is 2.26. The van der Waals surface area contributed by atoms with E-state index in [0.717, 1.165) is 0 Å². The molecule has 0 radical (unpaired) electrons. The lowest BCUT2D eigenvalue weighted by molar-refractivity contribution is -0.384. The van der Waals surface area contributed by atoms with Gasteiger partial charge in [-0.1, -0.05) is 0 Å². The number of nitro benzene ring substituents is 1. The summed E-state index contributed by atoms with van der Waals surface area (Å²) >= 11 is 0. The fourth-order valence-corrected chi connectivity index (χ4v) is 2.76. The van der Waals surface area contributed by atoms with Gasteiger partial charge in [-0.2, -0.15) is 0 Å². The third-order valence-corrected chi connectivity index (χ3v) is 4.48. The highest BCUT2D eigenvalue weighted by Gasteiger charge is 2.17. The topological polar surface area (TPSA) is 91.3 Å². The van der Waals surface area contributed by atoms with Crippen molar-refractivity contribution in [2.75, 3.05) is 17.3 Å². The third-order valence-electron chi connectivity index (χ3n) is 4.48. The predicted octanol–water partition coefficient (Wildman–Crippen LogP) is 4.31. The number of nitro groups is 1. The van der Waals surface area contributed by atoms with Crippen LogP contribution in [0.15, 0.2) is 42.6 Å². The number of nitrogens with one attached hydrogen (secondary N) is 2. The van der Waals surface area contributed by atoms with E-state index >= 15 is 0 Å². The fourth-order valence-electron chi connectivity index (χ4n) is 2.76. The number of anilines is 2. The van der Waals surface area contributed by atoms with Gasteiger partial charge in [0.05, 0.1) is 16.2 Å². The number of aromatic nitrogens is 1. The highest BCUT2D eigenvalue weighted by atomic mass is 19.1. The van der Waals surface area contributed by atoms with Gasteiger partial charge in [-0.05, 0) is 38.1 Å². The standard InChI is InChI=1S/C19H19FN4O3/c1-11(2)23(3)18-7-4-12(8-16(18)20)22-19(25)15-10-21-17-6-5-13(24(26)27)9-14(15)17/h4-11,21H,1-3H3,(H,22,25). The number of aromatic amines is 1. The average Bonchev–Trinajstić information content (AvgIpc) is 3.04. The number of rotatable bonds is 5. The van der Waals surface area contributed by atoms with E-state index in [0.29, 0.717) is 22.3 Å². The lowest BCUT2D eigenvalue weighted by Gasteiger charge is -2.24. The predicted molar refractivity (Wildman–Crippen MR) is 103 cm³/mol. The second kappa shape index (κ2) is 7.06. The number of non-ortho nitro benzene ring substituents is 1. The number of benzene rings is 2. The molecule has 0 atom stereocenters. The average molecular weight is 370 g/mol. The summed E-state index contributed by atoms with van der Waals surface area (Å²) in [4.78, 5) is 27.7. The van der Waals surface area contributed by atoms with E-state index in [1.165, 1.54) is 24.4 Å². The molecule has 0 fully saturated rings. The SMILES string of the molecule is CC(C)N(C)c1ccc(NC(=O)c2c[nH]c3ccc([N+](=O)[O-])cc23)cc1F. The summed E-state index contributed by atoms with van der Waals surface area (Å²) in [6.07, 6.45) is 1.47. The van der Waals surface area contributed by atoms with Crippen LogP contribution < -0.4 is 10.2 Å². The molecular formula is C19H19FN4O3. The molecule has 0 aliphatic heterocycles. The van der Waals surface area contributed by atoms with Crippen molar-refractivity contribution in [1.29, 1.82) is 0 Å². The number of amides is 1. The van der Waals surface area contributed by atoms with Crippen LogP contribution in [0.25, 0.3) is 10.9 Å². The molecule has 0 saturated carbocycles. The summed E-state index contributed by atoms with van der Waals surface area (Å²) in [5, 5.41) is 14.0. The van der Waals surface area contributed by atoms with Gasteiger partial charge in [-0.3, -0.25) is 14.9 Å². The van der Waals surface area contributed by atoms with Crippen molar-refractivity contribution in [3.8, 4) is 0 Å². The molecule has 0 spiro atoms. The smallest absolute Gasteiger partial charge is 0.270 e. The second-order valence-electron chi connectivity index (χ2n) is 6.51. The first kappa shape index (κ1) is 18.4. The zero-order valence-electron chi connectivity index (χ0n) is 15.1. The van der Waals surface area contributed by atoms with Crippen LogP contribution in [-0.4, -0.2) is 28.9 Å². The van der Waals surface area contributed by atoms with Crippen molar-refractivity contribution in [3.05, 3.63) is 64.1 Å². The molecule has 1 heterocycles. The van der Waals surface area contributed by atoms with Crippen LogP contribution in [0.2, 0.25) is 0 Å². The van der Waals surface area contributed by atoms with E-state index < -0.39 is 16.6 Å². The zero-order valence-corrected chi connectivity index (χ0v) is 15.1. The number of carbonyl (C=O) groups excluding carboxylic acids is 1. The molecule has 1 amide bonds. The van der Waals surface area contributed by atoms with E-state index in [1.807, 2.05) is 13.8 Å². The Morgan fingerprint density at radius 3 is 2.63 bits per heavy atom. The Morgan fingerprint density at radius 2 is 2.00 bits per heavy atom. The van der Waals surface area contributed by atoms with E-state index in [-0.39, 0.29) is 17.3 Å². The van der Waals surface area contributed by atoms with Crippen LogP contribution in [0.3, 0.4) is 0 Å². The molecule has 3 rings (SSSR count). The lowest BCUT2D eigenvalue weighted by Crippen LogP contribution is -2.26. The molecule has 2 aromatic carbocycles. The summed E-state index contributed by atoms with van der Waals surface area (Å²) in [6.45, 7) is 3.90. The summed E-state index contributed by atoms with van der Waals surface area (Å²) in [7, 11) is 1.79. The molecule has 1 aromatic heterocycles. The van der Waals surface area contributed by atoms with Crippen LogP contribution in [0.1, 0.15) is 24.2 Å². The molecule has 27 heavy (non-hydrogen) atoms. The van der Waals surface area contributed by atoms with Gasteiger partial charge in [0.25, 0.3) is 11.6 Å². The number of nitrogens with zero attached hydrogens (tertiary/aromatic N) is 2. The van der Waals surface area contributed by atoms with Gasteiger partial charge in [0.15, 0.2) is 0 Å². The maximum atomic E-state index is 14.4. The first-order valence-electron chi connectivity index (χ1n) is 8.37. The molecule has 8 heteroatoms. The van der Waals surface area contributed by atoms with Gasteiger partial charge < -0.3 is 15.2 Å². The lowest BCUT2D eigenvalue weighted by atomic mass is 10.1. The molecule has 7 nitrogen and oxygen atoms in total. The van der Waals surface area contributed by atoms with Crippen molar-refractivity contribution in [2.45, 2.75) is 19.9 Å². The first-order chi connectivity index (χ1) is 12.8. The summed E-state index contributed by atoms with van der Waals surface area (Å²) < 4.78 is 14.4. The number of fused-ring (bicyclic) bond motifs is 1. The Morgan fingerprint density at radius 1 is 1.26 bits per heavy atom. The molecule has 0 aliphatic rings. The van der Waals surface area contributed by atoms with Crippen LogP contribution >= 0.6 is 0 Å². The molecule has 2 N–H and O–H groups in total. The zero-order chi connectivity index (χ0) is 19.7. The third kappa shape index (κ3) is 3.59. The highest BCUT2D eigenvalue weighted by molar-refractivity contribution is 6.13. The Bertz CT molecular complexity index is 1030. The van der Waals surface area contributed by atoms with Gasteiger partial charge in [0, 0.05) is 48.0 Å². The minimum absolute atomic E-state index is 0.108. The fraction of sp³-hybridized carbons (Fsp3) is 0.211. The van der Waals surface area contributed by atoms with Gasteiger partial charge >= 0.3 is 0 Å². The molecule has 0 unspecified atom stereocenters. The second-order valence-corrected chi connectivity index (χ2v) is 6.51. The monoisotopic (exact) mass is 370 g/mol. The van der Waals surface area contributed by atoms with E-state index in [1.54, 1.807) is 30.1 Å². The van der Waals surface area contributed by atoms with Crippen molar-refractivity contribution < 1.29 is 14.1 Å². The molecule has 140 valence electrons. The summed E-state index contributed by atoms with van der Waals surface area (Å²) in [5.74, 6) is -0.926. The molecule has 0 aliphatic carbocycles. The first-order valence-corrected chi connectivity index (χ1v) is 8.37. The van der Waals surface area contributed by atoms with Crippen molar-refractivity contribution in [2.24, 2.45) is 0 Å². The molecule has 3 aromatic rings. The molecular weight excluding hydrogens is 351 g/mol. The van der Waals surface area contributed by atoms with Gasteiger partial charge in [0.1, 0.15) is 5.82 Å². The normalized spacial score (nSPS) is 11.0. The van der Waals surface area contributed by atoms with Crippen molar-refractivity contribution in [1.82, 2.24) is 4.98 Å². The Kier molecular flexibility index (Phi) is 4.81. The maximum absolute atomic E-state index is 14.4. The Labute approximate surface area is 154 Å². The number of halogens is 1. The van der Waals surface area contributed by atoms with Gasteiger partial charge in [-0.15, -0.1) is 0 Å². The van der Waals surface area contributed by atoms with Crippen molar-refractivity contribution in [3.63, 3.8) is 0 Å². The van der Waals surface area contributed by atoms with Gasteiger partial charge in [-0.25, -0.2) is 4.39 Å². The van der Waals surface area contributed by atoms with E-state index in [2.05, 4.69) is 10.3 Å². The Hall–Kier alpha value is -3.42. The molecule has 0 bridgehead atoms. The summed E-state index contributed by atoms with van der Waals surface area (Å²) in [6, 6.07) is 8.84.